The highest BCUT2D eigenvalue weighted by molar-refractivity contribution is 9.10. The second-order valence-corrected chi connectivity index (χ2v) is 6.96. The van der Waals surface area contributed by atoms with E-state index in [9.17, 15) is 0 Å². The van der Waals surface area contributed by atoms with Crippen LogP contribution in [0, 0.1) is 0 Å². The van der Waals surface area contributed by atoms with Gasteiger partial charge in [-0.3, -0.25) is 0 Å². The van der Waals surface area contributed by atoms with Gasteiger partial charge in [-0.05, 0) is 53.1 Å². The van der Waals surface area contributed by atoms with Crippen LogP contribution in [0.15, 0.2) is 58.4 Å². The fraction of sp³-hybridized carbons (Fsp3) is 0.222. The number of halogens is 1. The number of likely N-dealkylation sites (N-methyl/N-ethyl adjacent to an activating group) is 1. The van der Waals surface area contributed by atoms with Crippen LogP contribution < -0.4 is 5.32 Å². The number of nitrogens with one attached hydrogen (secondary N) is 1. The van der Waals surface area contributed by atoms with Gasteiger partial charge in [0, 0.05) is 15.2 Å². The van der Waals surface area contributed by atoms with Crippen molar-refractivity contribution in [2.45, 2.75) is 19.4 Å². The molecule has 0 radical (unpaired) electrons. The quantitative estimate of drug-likeness (QED) is 0.628. The first-order chi connectivity index (χ1) is 10.3. The normalized spacial score (nSPS) is 12.7. The van der Waals surface area contributed by atoms with E-state index >= 15 is 0 Å². The largest absolute Gasteiger partial charge is 0.310 e. The van der Waals surface area contributed by atoms with E-state index in [0.717, 1.165) is 17.4 Å². The van der Waals surface area contributed by atoms with E-state index in [2.05, 4.69) is 82.1 Å². The van der Waals surface area contributed by atoms with Crippen LogP contribution in [-0.4, -0.2) is 6.54 Å². The van der Waals surface area contributed by atoms with E-state index in [-0.39, 0.29) is 0 Å². The molecule has 108 valence electrons. The topological polar surface area (TPSA) is 12.0 Å². The van der Waals surface area contributed by atoms with E-state index in [4.69, 9.17) is 0 Å². The van der Waals surface area contributed by atoms with Gasteiger partial charge >= 0.3 is 0 Å². The van der Waals surface area contributed by atoms with Crippen LogP contribution >= 0.6 is 27.3 Å². The van der Waals surface area contributed by atoms with Crippen LogP contribution in [-0.2, 0) is 6.42 Å². The molecule has 0 bridgehead atoms. The van der Waals surface area contributed by atoms with Crippen molar-refractivity contribution < 1.29 is 0 Å². The Morgan fingerprint density at radius 2 is 2.00 bits per heavy atom. The highest BCUT2D eigenvalue weighted by atomic mass is 79.9. The van der Waals surface area contributed by atoms with Crippen molar-refractivity contribution in [1.29, 1.82) is 0 Å². The Kier molecular flexibility index (Phi) is 4.73. The van der Waals surface area contributed by atoms with Gasteiger partial charge in [-0.25, -0.2) is 0 Å². The van der Waals surface area contributed by atoms with Gasteiger partial charge in [0.1, 0.15) is 0 Å². The molecule has 0 aliphatic carbocycles. The van der Waals surface area contributed by atoms with Gasteiger partial charge in [-0.15, -0.1) is 11.3 Å². The van der Waals surface area contributed by atoms with Crippen molar-refractivity contribution in [3.05, 3.63) is 69.5 Å². The monoisotopic (exact) mass is 359 g/mol. The summed E-state index contributed by atoms with van der Waals surface area (Å²) in [5, 5.41) is 7.32. The zero-order chi connectivity index (χ0) is 14.7. The lowest BCUT2D eigenvalue weighted by atomic mass is 9.98. The van der Waals surface area contributed by atoms with Crippen LogP contribution in [0.25, 0.3) is 10.1 Å². The number of hydrogen-bond donors (Lipinski definition) is 1. The molecule has 1 aromatic heterocycles. The highest BCUT2D eigenvalue weighted by Gasteiger charge is 2.15. The van der Waals surface area contributed by atoms with Gasteiger partial charge in [0.2, 0.25) is 0 Å². The van der Waals surface area contributed by atoms with Crippen LogP contribution in [0.3, 0.4) is 0 Å². The predicted molar refractivity (Wildman–Crippen MR) is 96.1 cm³/mol. The van der Waals surface area contributed by atoms with Gasteiger partial charge in [0.05, 0.1) is 0 Å². The Balaban J connectivity index is 1.94. The Hall–Kier alpha value is -1.16. The molecule has 0 saturated carbocycles. The predicted octanol–water partition coefficient (Wildman–Crippen LogP) is 5.56. The third-order valence-corrected chi connectivity index (χ3v) is 5.14. The minimum atomic E-state index is 0.362. The lowest BCUT2D eigenvalue weighted by Crippen LogP contribution is -2.22. The maximum Gasteiger partial charge on any atom is 0.0375 e. The number of rotatable bonds is 5. The Bertz CT molecular complexity index is 735. The van der Waals surface area contributed by atoms with Crippen LogP contribution in [0.1, 0.15) is 24.1 Å². The van der Waals surface area contributed by atoms with E-state index in [1.54, 1.807) is 0 Å². The summed E-state index contributed by atoms with van der Waals surface area (Å²) in [6.07, 6.45) is 1.01. The molecule has 0 saturated heterocycles. The summed E-state index contributed by atoms with van der Waals surface area (Å²) in [6, 6.07) is 17.6. The van der Waals surface area contributed by atoms with Gasteiger partial charge in [0.25, 0.3) is 0 Å². The minimum Gasteiger partial charge on any atom is -0.310 e. The Labute approximate surface area is 138 Å². The lowest BCUT2D eigenvalue weighted by Gasteiger charge is -2.18. The fourth-order valence-electron chi connectivity index (χ4n) is 2.71. The molecule has 1 nitrogen and oxygen atoms in total. The summed E-state index contributed by atoms with van der Waals surface area (Å²) >= 11 is 5.39. The molecule has 0 spiro atoms. The second kappa shape index (κ2) is 6.73. The van der Waals surface area contributed by atoms with Gasteiger partial charge < -0.3 is 5.32 Å². The molecule has 0 amide bonds. The first-order valence-electron chi connectivity index (χ1n) is 7.22. The molecule has 3 heteroatoms. The minimum absolute atomic E-state index is 0.362. The molecule has 0 aliphatic heterocycles. The maximum absolute atomic E-state index is 3.64. The van der Waals surface area contributed by atoms with E-state index in [0.29, 0.717) is 6.04 Å². The number of thiophene rings is 1. The number of hydrogen-bond acceptors (Lipinski definition) is 2. The summed E-state index contributed by atoms with van der Waals surface area (Å²) in [4.78, 5) is 0. The molecule has 21 heavy (non-hydrogen) atoms. The van der Waals surface area contributed by atoms with Crippen molar-refractivity contribution in [3.8, 4) is 0 Å². The van der Waals surface area contributed by atoms with Gasteiger partial charge in [0.15, 0.2) is 0 Å². The first-order valence-corrected chi connectivity index (χ1v) is 8.89. The van der Waals surface area contributed by atoms with Crippen molar-refractivity contribution in [2.24, 2.45) is 0 Å². The second-order valence-electron chi connectivity index (χ2n) is 5.13. The summed E-state index contributed by atoms with van der Waals surface area (Å²) in [5.41, 5.74) is 2.77. The molecule has 3 rings (SSSR count). The fourth-order valence-corrected chi connectivity index (χ4v) is 4.17. The first kappa shape index (κ1) is 14.8. The molecule has 1 heterocycles. The summed E-state index contributed by atoms with van der Waals surface area (Å²) in [7, 11) is 0. The van der Waals surface area contributed by atoms with Gasteiger partial charge in [-0.1, -0.05) is 53.2 Å². The smallest absolute Gasteiger partial charge is 0.0375 e. The molecular formula is C18H18BrNS. The average Bonchev–Trinajstić information content (AvgIpc) is 2.91. The summed E-state index contributed by atoms with van der Waals surface area (Å²) in [6.45, 7) is 3.14. The molecule has 2 aromatic carbocycles. The van der Waals surface area contributed by atoms with E-state index in [1.807, 2.05) is 11.3 Å². The molecule has 3 aromatic rings. The molecule has 1 atom stereocenters. The molecule has 1 N–H and O–H groups in total. The van der Waals surface area contributed by atoms with Crippen LogP contribution in [0.2, 0.25) is 0 Å². The summed E-state index contributed by atoms with van der Waals surface area (Å²) < 4.78 is 2.51. The standard InChI is InChI=1S/C18H18BrNS/c1-2-20-17(11-13-6-5-7-14(19)10-13)16-12-21-18-9-4-3-8-15(16)18/h3-10,12,17,20H,2,11H2,1H3. The lowest BCUT2D eigenvalue weighted by molar-refractivity contribution is 0.554. The molecular weight excluding hydrogens is 342 g/mol. The molecule has 0 aliphatic rings. The average molecular weight is 360 g/mol. The van der Waals surface area contributed by atoms with Crippen molar-refractivity contribution in [1.82, 2.24) is 5.32 Å². The van der Waals surface area contributed by atoms with Gasteiger partial charge in [-0.2, -0.15) is 0 Å². The third-order valence-electron chi connectivity index (χ3n) is 3.67. The molecule has 0 fully saturated rings. The number of benzene rings is 2. The Morgan fingerprint density at radius 3 is 2.81 bits per heavy atom. The SMILES string of the molecule is CCNC(Cc1cccc(Br)c1)c1csc2ccccc12. The van der Waals surface area contributed by atoms with Crippen molar-refractivity contribution in [3.63, 3.8) is 0 Å². The van der Waals surface area contributed by atoms with Crippen molar-refractivity contribution in [2.75, 3.05) is 6.54 Å². The van der Waals surface area contributed by atoms with Crippen LogP contribution in [0.5, 0.6) is 0 Å². The zero-order valence-corrected chi connectivity index (χ0v) is 14.4. The van der Waals surface area contributed by atoms with E-state index < -0.39 is 0 Å². The zero-order valence-electron chi connectivity index (χ0n) is 12.0. The third kappa shape index (κ3) is 3.37. The Morgan fingerprint density at radius 1 is 1.14 bits per heavy atom. The molecule has 1 unspecified atom stereocenters. The summed E-state index contributed by atoms with van der Waals surface area (Å²) in [5.74, 6) is 0. The van der Waals surface area contributed by atoms with Crippen molar-refractivity contribution >= 4 is 37.4 Å². The highest BCUT2D eigenvalue weighted by Crippen LogP contribution is 2.32. The van der Waals surface area contributed by atoms with Crippen LogP contribution in [0.4, 0.5) is 0 Å². The van der Waals surface area contributed by atoms with E-state index in [1.165, 1.54) is 21.2 Å². The maximum atomic E-state index is 3.64. The number of fused-ring (bicyclic) bond motifs is 1.